The molecule has 4 aromatic carbocycles. The van der Waals surface area contributed by atoms with E-state index in [1.165, 1.54) is 67.8 Å². The van der Waals surface area contributed by atoms with Gasteiger partial charge in [-0.05, 0) is 63.1 Å². The third-order valence-electron chi connectivity index (χ3n) is 7.37. The molecule has 0 spiro atoms. The van der Waals surface area contributed by atoms with Crippen LogP contribution in [-0.2, 0) is 37.3 Å². The molecule has 3 aromatic heterocycles. The van der Waals surface area contributed by atoms with Crippen molar-refractivity contribution in [3.05, 3.63) is 115 Å². The van der Waals surface area contributed by atoms with Crippen molar-refractivity contribution in [1.82, 2.24) is 14.5 Å². The Morgan fingerprint density at radius 2 is 1.46 bits per heavy atom. The summed E-state index contributed by atoms with van der Waals surface area (Å²) in [5, 5.41) is 3.40. The SMILES string of the molecule is Cn1c2ccccc2c2c(-c3cc4c5c(cccc5n3)-c3ccccc3-4)[c-]ccc21.O=S(=O)(O)c1ccccn1.[Ir]. The Morgan fingerprint density at radius 1 is 0.756 bits per heavy atom. The van der Waals surface area contributed by atoms with E-state index in [2.05, 4.69) is 102 Å². The van der Waals surface area contributed by atoms with E-state index in [0.29, 0.717) is 0 Å². The van der Waals surface area contributed by atoms with E-state index < -0.39 is 10.1 Å². The van der Waals surface area contributed by atoms with E-state index >= 15 is 0 Å². The number of aryl methyl sites for hydroxylation is 1. The molecule has 1 radical (unpaired) electrons. The van der Waals surface area contributed by atoms with Gasteiger partial charge in [0.05, 0.1) is 5.52 Å². The average Bonchev–Trinajstić information content (AvgIpc) is 3.47. The van der Waals surface area contributed by atoms with E-state index in [-0.39, 0.29) is 25.1 Å². The molecule has 0 unspecified atom stereocenters. The molecule has 0 atom stereocenters. The fourth-order valence-electron chi connectivity index (χ4n) is 5.65. The molecule has 1 N–H and O–H groups in total. The number of hydrogen-bond donors (Lipinski definition) is 1. The fourth-order valence-corrected chi connectivity index (χ4v) is 6.10. The van der Waals surface area contributed by atoms with Crippen LogP contribution in [0.25, 0.3) is 66.2 Å². The molecule has 6 nitrogen and oxygen atoms in total. The van der Waals surface area contributed by atoms with Gasteiger partial charge in [-0.3, -0.25) is 9.54 Å². The molecule has 41 heavy (non-hydrogen) atoms. The molecule has 0 aliphatic heterocycles. The van der Waals surface area contributed by atoms with Crippen LogP contribution >= 0.6 is 0 Å². The standard InChI is InChI=1S/C28H17N2.C5H5NO3S.Ir/c1-30-25-14-5-4-10-21(25)28-20(12-7-15-26(28)30)24-16-22-18-9-3-2-8-17(18)19-11-6-13-23(29-24)27(19)22;7-10(8,9)5-3-1-2-4-6-5;/h2-11,13-16H,1H3;1-4H,(H,7,8,9);/q-1;;. The molecule has 8 rings (SSSR count). The smallest absolute Gasteiger partial charge is 0.312 e. The summed E-state index contributed by atoms with van der Waals surface area (Å²) in [6, 6.07) is 37.9. The maximum Gasteiger partial charge on any atom is 0.312 e. The second-order valence-corrected chi connectivity index (χ2v) is 11.0. The number of rotatable bonds is 2. The number of fused-ring (bicyclic) bond motifs is 6. The molecular weight excluding hydrogens is 711 g/mol. The van der Waals surface area contributed by atoms with Gasteiger partial charge in [0.25, 0.3) is 0 Å². The molecule has 8 heteroatoms. The Kier molecular flexibility index (Phi) is 6.80. The molecule has 203 valence electrons. The van der Waals surface area contributed by atoms with E-state index in [4.69, 9.17) is 9.54 Å². The molecule has 0 saturated carbocycles. The molecule has 7 aromatic rings. The molecule has 0 saturated heterocycles. The zero-order chi connectivity index (χ0) is 27.4. The van der Waals surface area contributed by atoms with Crippen LogP contribution in [0.3, 0.4) is 0 Å². The Labute approximate surface area is 250 Å². The van der Waals surface area contributed by atoms with Gasteiger partial charge in [0.15, 0.2) is 5.03 Å². The minimum Gasteiger partial charge on any atom is -0.361 e. The van der Waals surface area contributed by atoms with Crippen molar-refractivity contribution in [1.29, 1.82) is 0 Å². The summed E-state index contributed by atoms with van der Waals surface area (Å²) in [7, 11) is -1.98. The molecule has 1 aliphatic rings. The normalized spacial score (nSPS) is 11.7. The molecule has 3 heterocycles. The Bertz CT molecular complexity index is 2210. The van der Waals surface area contributed by atoms with Crippen molar-refractivity contribution in [2.24, 2.45) is 7.05 Å². The van der Waals surface area contributed by atoms with Gasteiger partial charge in [-0.15, -0.1) is 23.8 Å². The third-order valence-corrected chi connectivity index (χ3v) is 8.14. The second-order valence-electron chi connectivity index (χ2n) is 9.63. The first-order valence-electron chi connectivity index (χ1n) is 12.7. The first kappa shape index (κ1) is 27.0. The maximum absolute atomic E-state index is 10.3. The van der Waals surface area contributed by atoms with Gasteiger partial charge in [-0.1, -0.05) is 72.1 Å². The van der Waals surface area contributed by atoms with Gasteiger partial charge in [0.1, 0.15) is 0 Å². The molecule has 1 aliphatic carbocycles. The third kappa shape index (κ3) is 4.46. The average molecular weight is 733 g/mol. The van der Waals surface area contributed by atoms with Crippen LogP contribution in [0.1, 0.15) is 0 Å². The summed E-state index contributed by atoms with van der Waals surface area (Å²) in [5.41, 5.74) is 10.7. The van der Waals surface area contributed by atoms with Crippen molar-refractivity contribution >= 4 is 42.8 Å². The quantitative estimate of drug-likeness (QED) is 0.149. The zero-order valence-electron chi connectivity index (χ0n) is 21.7. The van der Waals surface area contributed by atoms with Crippen molar-refractivity contribution in [2.45, 2.75) is 5.03 Å². The number of hydrogen-bond acceptors (Lipinski definition) is 4. The predicted molar refractivity (Wildman–Crippen MR) is 158 cm³/mol. The summed E-state index contributed by atoms with van der Waals surface area (Å²) in [6.07, 6.45) is 1.29. The van der Waals surface area contributed by atoms with Crippen LogP contribution in [-0.4, -0.2) is 27.5 Å². The summed E-state index contributed by atoms with van der Waals surface area (Å²) in [4.78, 5) is 8.53. The Hall–Kier alpha value is -4.20. The largest absolute Gasteiger partial charge is 0.361 e. The summed E-state index contributed by atoms with van der Waals surface area (Å²) < 4.78 is 31.3. The summed E-state index contributed by atoms with van der Waals surface area (Å²) >= 11 is 0. The van der Waals surface area contributed by atoms with Gasteiger partial charge < -0.3 is 4.57 Å². The minimum absolute atomic E-state index is 0. The van der Waals surface area contributed by atoms with Gasteiger partial charge in [0.2, 0.25) is 0 Å². The van der Waals surface area contributed by atoms with Crippen molar-refractivity contribution in [2.75, 3.05) is 0 Å². The van der Waals surface area contributed by atoms with Crippen molar-refractivity contribution in [3.8, 4) is 33.5 Å². The van der Waals surface area contributed by atoms with E-state index in [9.17, 15) is 8.42 Å². The molecule has 0 amide bonds. The number of nitrogens with zero attached hydrogens (tertiary/aromatic N) is 3. The molecule has 0 bridgehead atoms. The summed E-state index contributed by atoms with van der Waals surface area (Å²) in [6.45, 7) is 0. The van der Waals surface area contributed by atoms with Crippen LogP contribution in [0, 0.1) is 6.07 Å². The van der Waals surface area contributed by atoms with E-state index in [1.54, 1.807) is 6.07 Å². The Balaban J connectivity index is 0.000000236. The van der Waals surface area contributed by atoms with Crippen molar-refractivity contribution < 1.29 is 33.1 Å². The van der Waals surface area contributed by atoms with Crippen LogP contribution in [0.4, 0.5) is 0 Å². The van der Waals surface area contributed by atoms with E-state index in [1.807, 2.05) is 6.07 Å². The number of benzene rings is 4. The predicted octanol–water partition coefficient (Wildman–Crippen LogP) is 7.32. The van der Waals surface area contributed by atoms with Gasteiger partial charge in [-0.25, -0.2) is 4.98 Å². The number of para-hydroxylation sites is 1. The summed E-state index contributed by atoms with van der Waals surface area (Å²) in [5.74, 6) is 0. The van der Waals surface area contributed by atoms with Crippen LogP contribution in [0.5, 0.6) is 0 Å². The second kappa shape index (κ2) is 10.3. The monoisotopic (exact) mass is 733 g/mol. The first-order chi connectivity index (χ1) is 19.4. The minimum atomic E-state index is -4.11. The number of aromatic nitrogens is 3. The van der Waals surface area contributed by atoms with Crippen LogP contribution in [0.2, 0.25) is 0 Å². The maximum atomic E-state index is 10.3. The fraction of sp³-hybridized carbons (Fsp3) is 0.0303. The molecule has 0 fully saturated rings. The van der Waals surface area contributed by atoms with E-state index in [0.717, 1.165) is 16.8 Å². The zero-order valence-corrected chi connectivity index (χ0v) is 25.0. The van der Waals surface area contributed by atoms with Crippen LogP contribution < -0.4 is 0 Å². The van der Waals surface area contributed by atoms with Crippen molar-refractivity contribution in [3.63, 3.8) is 0 Å². The van der Waals surface area contributed by atoms with Gasteiger partial charge in [-0.2, -0.15) is 8.42 Å². The first-order valence-corrected chi connectivity index (χ1v) is 14.2. The van der Waals surface area contributed by atoms with Crippen LogP contribution in [0.15, 0.2) is 114 Å². The van der Waals surface area contributed by atoms with Gasteiger partial charge >= 0.3 is 10.1 Å². The molecular formula is C33H22IrN3O3S-. The van der Waals surface area contributed by atoms with Gasteiger partial charge in [0, 0.05) is 44.3 Å². The number of pyridine rings is 2. The topological polar surface area (TPSA) is 85.1 Å². The Morgan fingerprint density at radius 3 is 2.20 bits per heavy atom.